The van der Waals surface area contributed by atoms with Crippen molar-refractivity contribution < 1.29 is 0 Å². The van der Waals surface area contributed by atoms with Gasteiger partial charge in [0.15, 0.2) is 5.17 Å². The number of amidine groups is 1. The predicted molar refractivity (Wildman–Crippen MR) is 85.1 cm³/mol. The summed E-state index contributed by atoms with van der Waals surface area (Å²) in [5.74, 6) is 2.09. The highest BCUT2D eigenvalue weighted by Crippen LogP contribution is 2.38. The number of aliphatic imine (C=N–C) groups is 1. The third-order valence-corrected chi connectivity index (χ3v) is 5.64. The average molecular weight is 292 g/mol. The zero-order chi connectivity index (χ0) is 14.0. The van der Waals surface area contributed by atoms with E-state index < -0.39 is 0 Å². The highest BCUT2D eigenvalue weighted by Gasteiger charge is 2.39. The van der Waals surface area contributed by atoms with Gasteiger partial charge in [-0.05, 0) is 38.5 Å². The van der Waals surface area contributed by atoms with Crippen LogP contribution in [0.15, 0.2) is 23.7 Å². The summed E-state index contributed by atoms with van der Waals surface area (Å²) >= 11 is 1.90. The number of nitrogens with one attached hydrogen (secondary N) is 1. The highest BCUT2D eigenvalue weighted by atomic mass is 32.2. The monoisotopic (exact) mass is 292 g/mol. The standard InChI is InChI=1S/C15H24N4S/c1-12-3-5-15(6-4-12)10-20-14(18-15)17-13(2)9-19-8-7-16-11-19/h7-8,11-13H,3-6,9-10H2,1-2H3,(H,17,18). The fourth-order valence-corrected chi connectivity index (χ4v) is 4.42. The topological polar surface area (TPSA) is 42.2 Å². The average Bonchev–Trinajstić information content (AvgIpc) is 3.04. The Morgan fingerprint density at radius 3 is 3.05 bits per heavy atom. The highest BCUT2D eigenvalue weighted by molar-refractivity contribution is 8.14. The second kappa shape index (κ2) is 5.80. The molecule has 1 unspecified atom stereocenters. The van der Waals surface area contributed by atoms with E-state index in [-0.39, 0.29) is 6.04 Å². The van der Waals surface area contributed by atoms with E-state index in [2.05, 4.69) is 28.7 Å². The van der Waals surface area contributed by atoms with Gasteiger partial charge in [-0.25, -0.2) is 4.98 Å². The first-order chi connectivity index (χ1) is 9.65. The fraction of sp³-hybridized carbons (Fsp3) is 0.733. The summed E-state index contributed by atoms with van der Waals surface area (Å²) in [6.07, 6.45) is 11.0. The molecular formula is C15H24N4S. The number of hydrogen-bond donors (Lipinski definition) is 1. The third kappa shape index (κ3) is 3.19. The Morgan fingerprint density at radius 2 is 2.35 bits per heavy atom. The smallest absolute Gasteiger partial charge is 0.157 e. The van der Waals surface area contributed by atoms with Gasteiger partial charge in [0.05, 0.1) is 12.4 Å². The first kappa shape index (κ1) is 14.0. The lowest BCUT2D eigenvalue weighted by Crippen LogP contribution is -2.46. The van der Waals surface area contributed by atoms with Crippen LogP contribution in [0.3, 0.4) is 0 Å². The zero-order valence-electron chi connectivity index (χ0n) is 12.4. The van der Waals surface area contributed by atoms with Crippen LogP contribution in [0.2, 0.25) is 0 Å². The molecule has 1 N–H and O–H groups in total. The summed E-state index contributed by atoms with van der Waals surface area (Å²) in [6, 6.07) is 0.289. The number of hydrogen-bond acceptors (Lipinski definition) is 3. The van der Waals surface area contributed by atoms with E-state index in [1.807, 2.05) is 30.5 Å². The van der Waals surface area contributed by atoms with Crippen molar-refractivity contribution in [3.05, 3.63) is 18.7 Å². The molecule has 1 aliphatic carbocycles. The molecule has 1 saturated heterocycles. The summed E-state index contributed by atoms with van der Waals surface area (Å²) in [5.41, 5.74) is 0.338. The van der Waals surface area contributed by atoms with Crippen LogP contribution in [0.4, 0.5) is 0 Å². The van der Waals surface area contributed by atoms with Gasteiger partial charge in [-0.15, -0.1) is 0 Å². The van der Waals surface area contributed by atoms with Crippen LogP contribution in [0.1, 0.15) is 39.5 Å². The molecule has 0 aromatic carbocycles. The van der Waals surface area contributed by atoms with E-state index in [9.17, 15) is 0 Å². The third-order valence-electron chi connectivity index (χ3n) is 4.46. The Morgan fingerprint density at radius 1 is 1.55 bits per heavy atom. The Hall–Kier alpha value is -0.970. The normalized spacial score (nSPS) is 33.5. The maximum atomic E-state index is 4.84. The molecule has 0 bridgehead atoms. The molecule has 5 heteroatoms. The number of imidazole rings is 1. The molecule has 0 amide bonds. The molecule has 0 radical (unpaired) electrons. The molecule has 2 heterocycles. The first-order valence-corrected chi connectivity index (χ1v) is 8.58. The largest absolute Gasteiger partial charge is 0.359 e. The van der Waals surface area contributed by atoms with Crippen LogP contribution < -0.4 is 5.32 Å². The molecule has 3 rings (SSSR count). The number of rotatable bonds is 3. The molecule has 1 spiro atoms. The quantitative estimate of drug-likeness (QED) is 0.931. The molecule has 110 valence electrons. The fourth-order valence-electron chi connectivity index (χ4n) is 3.10. The van der Waals surface area contributed by atoms with Crippen LogP contribution in [-0.2, 0) is 6.54 Å². The van der Waals surface area contributed by atoms with Crippen molar-refractivity contribution in [3.63, 3.8) is 0 Å². The van der Waals surface area contributed by atoms with Crippen LogP contribution in [0.25, 0.3) is 0 Å². The van der Waals surface area contributed by atoms with Crippen LogP contribution in [-0.4, -0.2) is 32.1 Å². The molecule has 1 saturated carbocycles. The van der Waals surface area contributed by atoms with Gasteiger partial charge >= 0.3 is 0 Å². The van der Waals surface area contributed by atoms with Gasteiger partial charge in [0.1, 0.15) is 0 Å². The maximum Gasteiger partial charge on any atom is 0.157 e. The summed E-state index contributed by atoms with van der Waals surface area (Å²) in [5, 5.41) is 4.87. The first-order valence-electron chi connectivity index (χ1n) is 7.60. The van der Waals surface area contributed by atoms with Crippen LogP contribution in [0, 0.1) is 5.92 Å². The van der Waals surface area contributed by atoms with Crippen LogP contribution >= 0.6 is 11.8 Å². The SMILES string of the molecule is CC1CCC2(CC1)CSC(=NC(C)Cn1ccnc1)N2. The molecule has 1 aromatic heterocycles. The van der Waals surface area contributed by atoms with Crippen LogP contribution in [0.5, 0.6) is 0 Å². The van der Waals surface area contributed by atoms with E-state index in [1.165, 1.54) is 31.4 Å². The van der Waals surface area contributed by atoms with Gasteiger partial charge in [0, 0.05) is 30.2 Å². The minimum Gasteiger partial charge on any atom is -0.359 e. The predicted octanol–water partition coefficient (Wildman–Crippen LogP) is 2.91. The van der Waals surface area contributed by atoms with Crippen molar-refractivity contribution in [3.8, 4) is 0 Å². The molecule has 20 heavy (non-hydrogen) atoms. The lowest BCUT2D eigenvalue weighted by molar-refractivity contribution is 0.250. The van der Waals surface area contributed by atoms with Crippen molar-refractivity contribution >= 4 is 16.9 Å². The summed E-state index contributed by atoms with van der Waals surface area (Å²) in [6.45, 7) is 5.44. The molecule has 1 aromatic rings. The Balaban J connectivity index is 1.57. The minimum atomic E-state index is 0.289. The van der Waals surface area contributed by atoms with E-state index in [4.69, 9.17) is 4.99 Å². The number of aromatic nitrogens is 2. The van der Waals surface area contributed by atoms with E-state index in [1.54, 1.807) is 0 Å². The van der Waals surface area contributed by atoms with E-state index in [0.29, 0.717) is 5.54 Å². The van der Waals surface area contributed by atoms with Crippen molar-refractivity contribution in [1.29, 1.82) is 0 Å². The molecule has 2 fully saturated rings. The zero-order valence-corrected chi connectivity index (χ0v) is 13.2. The molecular weight excluding hydrogens is 268 g/mol. The van der Waals surface area contributed by atoms with Gasteiger partial charge in [0.2, 0.25) is 0 Å². The molecule has 1 atom stereocenters. The van der Waals surface area contributed by atoms with Gasteiger partial charge in [0.25, 0.3) is 0 Å². The number of nitrogens with zero attached hydrogens (tertiary/aromatic N) is 3. The van der Waals surface area contributed by atoms with E-state index >= 15 is 0 Å². The minimum absolute atomic E-state index is 0.289. The second-order valence-corrected chi connectivity index (χ2v) is 7.38. The van der Waals surface area contributed by atoms with Crippen molar-refractivity contribution in [2.24, 2.45) is 10.9 Å². The van der Waals surface area contributed by atoms with Gasteiger partial charge < -0.3 is 9.88 Å². The summed E-state index contributed by atoms with van der Waals surface area (Å²) in [4.78, 5) is 8.92. The lowest BCUT2D eigenvalue weighted by Gasteiger charge is -2.35. The summed E-state index contributed by atoms with van der Waals surface area (Å²) in [7, 11) is 0. The van der Waals surface area contributed by atoms with Crippen molar-refractivity contribution in [2.75, 3.05) is 5.75 Å². The van der Waals surface area contributed by atoms with Gasteiger partial charge in [-0.3, -0.25) is 4.99 Å². The summed E-state index contributed by atoms with van der Waals surface area (Å²) < 4.78 is 2.09. The van der Waals surface area contributed by atoms with Crippen molar-refractivity contribution in [1.82, 2.24) is 14.9 Å². The Labute approximate surface area is 125 Å². The molecule has 2 aliphatic rings. The Kier molecular flexibility index (Phi) is 4.06. The lowest BCUT2D eigenvalue weighted by atomic mass is 9.78. The number of thioether (sulfide) groups is 1. The maximum absolute atomic E-state index is 4.84. The molecule has 1 aliphatic heterocycles. The second-order valence-electron chi connectivity index (χ2n) is 6.42. The molecule has 4 nitrogen and oxygen atoms in total. The van der Waals surface area contributed by atoms with Crippen molar-refractivity contribution in [2.45, 2.75) is 57.7 Å². The van der Waals surface area contributed by atoms with Gasteiger partial charge in [-0.2, -0.15) is 0 Å². The van der Waals surface area contributed by atoms with Gasteiger partial charge in [-0.1, -0.05) is 18.7 Å². The van der Waals surface area contributed by atoms with E-state index in [0.717, 1.165) is 17.6 Å². The Bertz CT molecular complexity index is 460.